The number of aryl methyl sites for hydroxylation is 1. The van der Waals surface area contributed by atoms with Gasteiger partial charge in [0.1, 0.15) is 5.69 Å². The van der Waals surface area contributed by atoms with Gasteiger partial charge in [0.05, 0.1) is 0 Å². The largest absolute Gasteiger partial charge is 0.347 e. The van der Waals surface area contributed by atoms with Crippen molar-refractivity contribution < 1.29 is 4.79 Å². The minimum Gasteiger partial charge on any atom is -0.347 e. The van der Waals surface area contributed by atoms with Crippen LogP contribution in [0.15, 0.2) is 18.3 Å². The fraction of sp³-hybridized carbons (Fsp3) is 0.500. The Morgan fingerprint density at radius 3 is 2.46 bits per heavy atom. The summed E-state index contributed by atoms with van der Waals surface area (Å²) in [5.74, 6) is -0.0278. The van der Waals surface area contributed by atoms with E-state index >= 15 is 0 Å². The van der Waals surface area contributed by atoms with Gasteiger partial charge >= 0.3 is 0 Å². The Morgan fingerprint density at radius 1 is 1.46 bits per heavy atom. The van der Waals surface area contributed by atoms with Gasteiger partial charge < -0.3 is 9.88 Å². The van der Waals surface area contributed by atoms with Crippen LogP contribution in [0, 0.1) is 0 Å². The van der Waals surface area contributed by atoms with Crippen LogP contribution in [0.4, 0.5) is 0 Å². The van der Waals surface area contributed by atoms with E-state index in [0.717, 1.165) is 0 Å². The molecule has 0 fully saturated rings. The van der Waals surface area contributed by atoms with E-state index in [-0.39, 0.29) is 11.4 Å². The molecule has 0 saturated carbocycles. The van der Waals surface area contributed by atoms with Crippen molar-refractivity contribution in [1.29, 1.82) is 0 Å². The van der Waals surface area contributed by atoms with Crippen LogP contribution in [-0.4, -0.2) is 16.0 Å². The molecule has 3 heteroatoms. The molecule has 0 spiro atoms. The van der Waals surface area contributed by atoms with Crippen molar-refractivity contribution in [3.8, 4) is 0 Å². The molecule has 0 saturated heterocycles. The summed E-state index contributed by atoms with van der Waals surface area (Å²) >= 11 is 0. The first-order valence-corrected chi connectivity index (χ1v) is 4.34. The second-order valence-electron chi connectivity index (χ2n) is 4.21. The van der Waals surface area contributed by atoms with Crippen molar-refractivity contribution >= 4 is 5.91 Å². The van der Waals surface area contributed by atoms with Crippen LogP contribution in [0.25, 0.3) is 0 Å². The van der Waals surface area contributed by atoms with Gasteiger partial charge in [0.2, 0.25) is 0 Å². The summed E-state index contributed by atoms with van der Waals surface area (Å²) in [7, 11) is 1.86. The quantitative estimate of drug-likeness (QED) is 0.699. The summed E-state index contributed by atoms with van der Waals surface area (Å²) in [5.41, 5.74) is 0.511. The Balaban J connectivity index is 2.76. The van der Waals surface area contributed by atoms with E-state index in [2.05, 4.69) is 5.32 Å². The van der Waals surface area contributed by atoms with E-state index < -0.39 is 0 Å². The molecule has 1 rings (SSSR count). The summed E-state index contributed by atoms with van der Waals surface area (Å²) < 4.78 is 1.81. The van der Waals surface area contributed by atoms with Gasteiger partial charge in [-0.1, -0.05) is 0 Å². The van der Waals surface area contributed by atoms with Crippen molar-refractivity contribution in [2.75, 3.05) is 0 Å². The SMILES string of the molecule is Cn1cccc1C(=O)NC(C)(C)C. The predicted octanol–water partition coefficient (Wildman–Crippen LogP) is 1.55. The Bertz CT molecular complexity index is 307. The average Bonchev–Trinajstić information content (AvgIpc) is 2.30. The minimum absolute atomic E-state index is 0.0278. The Labute approximate surface area is 78.8 Å². The number of hydrogen-bond acceptors (Lipinski definition) is 1. The molecule has 72 valence electrons. The predicted molar refractivity (Wildman–Crippen MR) is 52.6 cm³/mol. The zero-order valence-electron chi connectivity index (χ0n) is 8.59. The first-order valence-electron chi connectivity index (χ1n) is 4.34. The molecule has 1 aromatic rings. The number of carbonyl (C=O) groups excluding carboxylic acids is 1. The number of amides is 1. The second kappa shape index (κ2) is 3.24. The van der Waals surface area contributed by atoms with Crippen molar-refractivity contribution in [1.82, 2.24) is 9.88 Å². The van der Waals surface area contributed by atoms with E-state index in [9.17, 15) is 4.79 Å². The second-order valence-corrected chi connectivity index (χ2v) is 4.21. The third-order valence-electron chi connectivity index (χ3n) is 1.66. The van der Waals surface area contributed by atoms with Crippen LogP contribution < -0.4 is 5.32 Å². The highest BCUT2D eigenvalue weighted by Gasteiger charge is 2.16. The van der Waals surface area contributed by atoms with Crippen LogP contribution in [0.1, 0.15) is 31.3 Å². The van der Waals surface area contributed by atoms with E-state index in [0.29, 0.717) is 5.69 Å². The van der Waals surface area contributed by atoms with Gasteiger partial charge in [-0.25, -0.2) is 0 Å². The highest BCUT2D eigenvalue weighted by Crippen LogP contribution is 2.04. The molecule has 0 aliphatic rings. The van der Waals surface area contributed by atoms with Crippen molar-refractivity contribution in [2.24, 2.45) is 7.05 Å². The fourth-order valence-electron chi connectivity index (χ4n) is 1.10. The lowest BCUT2D eigenvalue weighted by Gasteiger charge is -2.20. The maximum absolute atomic E-state index is 11.6. The third-order valence-corrected chi connectivity index (χ3v) is 1.66. The lowest BCUT2D eigenvalue weighted by molar-refractivity contribution is 0.0911. The van der Waals surface area contributed by atoms with Gasteiger partial charge in [-0.05, 0) is 32.9 Å². The summed E-state index contributed by atoms with van der Waals surface area (Å²) in [6.45, 7) is 5.90. The van der Waals surface area contributed by atoms with E-state index in [1.54, 1.807) is 10.6 Å². The van der Waals surface area contributed by atoms with Crippen LogP contribution in [0.2, 0.25) is 0 Å². The zero-order chi connectivity index (χ0) is 10.1. The number of aromatic nitrogens is 1. The first kappa shape index (κ1) is 9.84. The lowest BCUT2D eigenvalue weighted by Crippen LogP contribution is -2.41. The van der Waals surface area contributed by atoms with Gasteiger partial charge in [0.15, 0.2) is 0 Å². The highest BCUT2D eigenvalue weighted by molar-refractivity contribution is 5.93. The van der Waals surface area contributed by atoms with E-state index in [4.69, 9.17) is 0 Å². The average molecular weight is 180 g/mol. The first-order chi connectivity index (χ1) is 5.90. The van der Waals surface area contributed by atoms with Gasteiger partial charge in [0.25, 0.3) is 5.91 Å². The van der Waals surface area contributed by atoms with Gasteiger partial charge in [0, 0.05) is 18.8 Å². The highest BCUT2D eigenvalue weighted by atomic mass is 16.2. The Morgan fingerprint density at radius 2 is 2.08 bits per heavy atom. The van der Waals surface area contributed by atoms with Crippen molar-refractivity contribution in [3.05, 3.63) is 24.0 Å². The molecular weight excluding hydrogens is 164 g/mol. The zero-order valence-corrected chi connectivity index (χ0v) is 8.59. The van der Waals surface area contributed by atoms with E-state index in [1.807, 2.05) is 40.1 Å². The summed E-state index contributed by atoms with van der Waals surface area (Å²) in [4.78, 5) is 11.6. The molecule has 1 amide bonds. The fourth-order valence-corrected chi connectivity index (χ4v) is 1.10. The molecule has 13 heavy (non-hydrogen) atoms. The summed E-state index contributed by atoms with van der Waals surface area (Å²) in [6, 6.07) is 3.67. The monoisotopic (exact) mass is 180 g/mol. The van der Waals surface area contributed by atoms with E-state index in [1.165, 1.54) is 0 Å². The Hall–Kier alpha value is -1.25. The molecule has 0 radical (unpaired) electrons. The van der Waals surface area contributed by atoms with Gasteiger partial charge in [-0.15, -0.1) is 0 Å². The van der Waals surface area contributed by atoms with Crippen LogP contribution in [0.3, 0.4) is 0 Å². The molecule has 1 N–H and O–H groups in total. The van der Waals surface area contributed by atoms with Crippen LogP contribution in [0.5, 0.6) is 0 Å². The molecule has 1 heterocycles. The molecular formula is C10H16N2O. The van der Waals surface area contributed by atoms with Crippen molar-refractivity contribution in [2.45, 2.75) is 26.3 Å². The molecule has 0 aliphatic heterocycles. The van der Waals surface area contributed by atoms with Crippen molar-refractivity contribution in [3.63, 3.8) is 0 Å². The smallest absolute Gasteiger partial charge is 0.268 e. The Kier molecular flexibility index (Phi) is 2.45. The third kappa shape index (κ3) is 2.61. The lowest BCUT2D eigenvalue weighted by atomic mass is 10.1. The molecule has 0 bridgehead atoms. The topological polar surface area (TPSA) is 34.0 Å². The van der Waals surface area contributed by atoms with Gasteiger partial charge in [-0.2, -0.15) is 0 Å². The molecule has 0 atom stereocenters. The maximum atomic E-state index is 11.6. The number of hydrogen-bond donors (Lipinski definition) is 1. The summed E-state index contributed by atoms with van der Waals surface area (Å²) in [6.07, 6.45) is 1.86. The molecule has 0 aromatic carbocycles. The molecule has 0 unspecified atom stereocenters. The molecule has 1 aromatic heterocycles. The van der Waals surface area contributed by atoms with Gasteiger partial charge in [-0.3, -0.25) is 4.79 Å². The summed E-state index contributed by atoms with van der Waals surface area (Å²) in [5, 5.41) is 2.90. The molecule has 3 nitrogen and oxygen atoms in total. The molecule has 0 aliphatic carbocycles. The standard InChI is InChI=1S/C10H16N2O/c1-10(2,3)11-9(13)8-6-5-7-12(8)4/h5-7H,1-4H3,(H,11,13). The normalized spacial score (nSPS) is 11.4. The number of nitrogens with zero attached hydrogens (tertiary/aromatic N) is 1. The minimum atomic E-state index is -0.179. The number of rotatable bonds is 1. The maximum Gasteiger partial charge on any atom is 0.268 e. The number of nitrogens with one attached hydrogen (secondary N) is 1. The number of carbonyl (C=O) groups is 1. The van der Waals surface area contributed by atoms with Crippen LogP contribution >= 0.6 is 0 Å². The van der Waals surface area contributed by atoms with Crippen LogP contribution in [-0.2, 0) is 7.05 Å².